The molecule has 1 saturated heterocycles. The number of halogens is 3. The molecule has 43 heavy (non-hydrogen) atoms. The van der Waals surface area contributed by atoms with Crippen LogP contribution < -0.4 is 15.5 Å². The van der Waals surface area contributed by atoms with Crippen LogP contribution in [0.2, 0.25) is 0 Å². The molecule has 1 atom stereocenters. The van der Waals surface area contributed by atoms with Crippen molar-refractivity contribution in [2.45, 2.75) is 29.8 Å². The fourth-order valence-corrected chi connectivity index (χ4v) is 5.23. The van der Waals surface area contributed by atoms with Gasteiger partial charge in [0.2, 0.25) is 5.95 Å². The van der Waals surface area contributed by atoms with E-state index < -0.39 is 46.2 Å². The number of rotatable bonds is 7. The van der Waals surface area contributed by atoms with E-state index in [0.717, 1.165) is 24.5 Å². The molecule has 3 N–H and O–H groups in total. The van der Waals surface area contributed by atoms with Crippen molar-refractivity contribution < 1.29 is 36.3 Å². The van der Waals surface area contributed by atoms with Crippen molar-refractivity contribution in [3.63, 3.8) is 0 Å². The third-order valence-corrected chi connectivity index (χ3v) is 7.80. The minimum atomic E-state index is -3.73. The van der Waals surface area contributed by atoms with Gasteiger partial charge in [-0.25, -0.2) is 41.3 Å². The molecule has 16 heteroatoms. The van der Waals surface area contributed by atoms with Gasteiger partial charge in [-0.05, 0) is 48.9 Å². The molecule has 4 heterocycles. The van der Waals surface area contributed by atoms with Gasteiger partial charge in [-0.3, -0.25) is 9.78 Å². The van der Waals surface area contributed by atoms with Gasteiger partial charge in [-0.15, -0.1) is 0 Å². The first-order valence-corrected chi connectivity index (χ1v) is 14.7. The smallest absolute Gasteiger partial charge is 0.405 e. The molecule has 224 valence electrons. The average Bonchev–Trinajstić information content (AvgIpc) is 2.95. The number of alkyl halides is 2. The summed E-state index contributed by atoms with van der Waals surface area (Å²) >= 11 is 0. The van der Waals surface area contributed by atoms with E-state index in [9.17, 15) is 31.2 Å². The molecule has 1 fully saturated rings. The van der Waals surface area contributed by atoms with Crippen LogP contribution in [0.3, 0.4) is 0 Å². The van der Waals surface area contributed by atoms with Gasteiger partial charge in [0.15, 0.2) is 9.84 Å². The predicted molar refractivity (Wildman–Crippen MR) is 148 cm³/mol. The van der Waals surface area contributed by atoms with E-state index in [1.54, 1.807) is 30.5 Å². The summed E-state index contributed by atoms with van der Waals surface area (Å²) in [6, 6.07) is 7.94. The van der Waals surface area contributed by atoms with E-state index >= 15 is 0 Å². The first-order chi connectivity index (χ1) is 20.3. The van der Waals surface area contributed by atoms with Crippen LogP contribution in [-0.4, -0.2) is 76.8 Å². The van der Waals surface area contributed by atoms with Gasteiger partial charge in [0.25, 0.3) is 11.8 Å². The van der Waals surface area contributed by atoms with Crippen molar-refractivity contribution in [3.05, 3.63) is 71.9 Å². The molecule has 4 aromatic rings. The van der Waals surface area contributed by atoms with E-state index in [4.69, 9.17) is 5.11 Å². The zero-order chi connectivity index (χ0) is 30.9. The minimum Gasteiger partial charge on any atom is -0.465 e. The van der Waals surface area contributed by atoms with Crippen molar-refractivity contribution in [3.8, 4) is 11.4 Å². The number of nitrogens with zero attached hydrogens (tertiary/aromatic N) is 5. The second-order valence-electron chi connectivity index (χ2n) is 9.91. The molecule has 0 spiro atoms. The largest absolute Gasteiger partial charge is 0.465 e. The number of aromatic nitrogens is 4. The minimum absolute atomic E-state index is 0.0438. The molecule has 0 saturated carbocycles. The first-order valence-electron chi connectivity index (χ1n) is 12.8. The number of hydrogen-bond acceptors (Lipinski definition) is 9. The number of carbonyl (C=O) groups is 2. The zero-order valence-corrected chi connectivity index (χ0v) is 23.3. The molecular formula is C27H24F3N7O5S. The highest BCUT2D eigenvalue weighted by molar-refractivity contribution is 7.90. The van der Waals surface area contributed by atoms with Crippen LogP contribution >= 0.6 is 0 Å². The third-order valence-electron chi connectivity index (χ3n) is 6.71. The lowest BCUT2D eigenvalue weighted by Crippen LogP contribution is -2.58. The summed E-state index contributed by atoms with van der Waals surface area (Å²) in [6.07, 6.45) is 2.22. The van der Waals surface area contributed by atoms with Crippen LogP contribution in [-0.2, 0) is 16.4 Å². The Morgan fingerprint density at radius 1 is 1.09 bits per heavy atom. The summed E-state index contributed by atoms with van der Waals surface area (Å²) in [5.41, 5.74) is 1.52. The standard InChI is InChI=1S/C27H24F3N7O5S/c1-43(41,42)19-9-16(8-17(28)10-19)24(38)33-13-18-11-22-15(12-32-18)2-3-20(34-22)21-4-6-31-25(35-21)37-7-5-23(36-26(39)40)27(29,30)14-37/h2-4,6,8-12,23,36H,5,7,13-14H2,1H3,(H,33,38)(H,39,40)/t23-/m0/s1. The fourth-order valence-electron chi connectivity index (χ4n) is 4.56. The van der Waals surface area contributed by atoms with E-state index in [2.05, 4.69) is 25.3 Å². The average molecular weight is 616 g/mol. The Morgan fingerprint density at radius 3 is 2.58 bits per heavy atom. The lowest BCUT2D eigenvalue weighted by Gasteiger charge is -2.38. The van der Waals surface area contributed by atoms with Gasteiger partial charge in [0, 0.05) is 36.1 Å². The summed E-state index contributed by atoms with van der Waals surface area (Å²) in [4.78, 5) is 41.8. The molecule has 0 bridgehead atoms. The number of benzene rings is 1. The molecule has 0 unspecified atom stereocenters. The topological polar surface area (TPSA) is 167 Å². The summed E-state index contributed by atoms with van der Waals surface area (Å²) in [7, 11) is -3.73. The number of nitrogens with one attached hydrogen (secondary N) is 2. The Bertz CT molecular complexity index is 1840. The summed E-state index contributed by atoms with van der Waals surface area (Å²) in [5, 5.41) is 13.9. The fraction of sp³-hybridized carbons (Fsp3) is 0.259. The molecule has 2 amide bonds. The molecule has 5 rings (SSSR count). The van der Waals surface area contributed by atoms with Crippen molar-refractivity contribution in [1.82, 2.24) is 30.6 Å². The number of amides is 2. The summed E-state index contributed by atoms with van der Waals surface area (Å²) < 4.78 is 66.7. The van der Waals surface area contributed by atoms with E-state index in [1.165, 1.54) is 11.1 Å². The van der Waals surface area contributed by atoms with Crippen molar-refractivity contribution in [2.24, 2.45) is 0 Å². The van der Waals surface area contributed by atoms with Gasteiger partial charge >= 0.3 is 6.09 Å². The molecule has 1 aliphatic rings. The number of piperidine rings is 1. The molecule has 3 aromatic heterocycles. The number of carbonyl (C=O) groups excluding carboxylic acids is 1. The monoisotopic (exact) mass is 615 g/mol. The number of sulfone groups is 1. The van der Waals surface area contributed by atoms with Crippen molar-refractivity contribution in [2.75, 3.05) is 24.2 Å². The number of hydrogen-bond donors (Lipinski definition) is 3. The van der Waals surface area contributed by atoms with Crippen molar-refractivity contribution >= 4 is 38.7 Å². The quantitative estimate of drug-likeness (QED) is 0.281. The molecule has 0 aliphatic carbocycles. The second kappa shape index (κ2) is 11.4. The zero-order valence-electron chi connectivity index (χ0n) is 22.5. The highest BCUT2D eigenvalue weighted by Crippen LogP contribution is 2.30. The maximum atomic E-state index is 14.6. The Kier molecular flexibility index (Phi) is 7.88. The highest BCUT2D eigenvalue weighted by Gasteiger charge is 2.46. The van der Waals surface area contributed by atoms with Crippen LogP contribution in [0.1, 0.15) is 22.5 Å². The second-order valence-corrected chi connectivity index (χ2v) is 11.9. The number of pyridine rings is 2. The predicted octanol–water partition coefficient (Wildman–Crippen LogP) is 3.04. The summed E-state index contributed by atoms with van der Waals surface area (Å²) in [6.45, 7) is -0.719. The molecular weight excluding hydrogens is 591 g/mol. The Balaban J connectivity index is 1.32. The van der Waals surface area contributed by atoms with E-state index in [-0.39, 0.29) is 35.9 Å². The van der Waals surface area contributed by atoms with Gasteiger partial charge in [-0.1, -0.05) is 0 Å². The summed E-state index contributed by atoms with van der Waals surface area (Å²) in [5.74, 6) is -4.85. The normalized spacial score (nSPS) is 16.6. The van der Waals surface area contributed by atoms with Crippen LogP contribution in [0.4, 0.5) is 23.9 Å². The van der Waals surface area contributed by atoms with Crippen LogP contribution in [0.25, 0.3) is 22.3 Å². The van der Waals surface area contributed by atoms with Crippen LogP contribution in [0.15, 0.2) is 59.8 Å². The molecule has 1 aromatic carbocycles. The number of carboxylic acid groups (broad SMARTS) is 1. The lowest BCUT2D eigenvalue weighted by molar-refractivity contribution is -0.0410. The van der Waals surface area contributed by atoms with Gasteiger partial charge in [0.05, 0.1) is 46.6 Å². The Labute approximate surface area is 242 Å². The number of anilines is 1. The highest BCUT2D eigenvalue weighted by atomic mass is 32.2. The SMILES string of the molecule is CS(=O)(=O)c1cc(F)cc(C(=O)NCc2cc3nc(-c4ccnc(N5CC[C@H](NC(=O)O)C(F)(F)C5)n4)ccc3cn2)c1. The molecule has 1 aliphatic heterocycles. The lowest BCUT2D eigenvalue weighted by atomic mass is 10.0. The maximum absolute atomic E-state index is 14.6. The van der Waals surface area contributed by atoms with Gasteiger partial charge in [-0.2, -0.15) is 0 Å². The first kappa shape index (κ1) is 29.6. The van der Waals surface area contributed by atoms with Gasteiger partial charge in [0.1, 0.15) is 5.82 Å². The van der Waals surface area contributed by atoms with Crippen LogP contribution in [0, 0.1) is 5.82 Å². The van der Waals surface area contributed by atoms with E-state index in [0.29, 0.717) is 28.0 Å². The van der Waals surface area contributed by atoms with Crippen LogP contribution in [0.5, 0.6) is 0 Å². The maximum Gasteiger partial charge on any atom is 0.405 e. The Hall–Kier alpha value is -4.86. The van der Waals surface area contributed by atoms with Crippen molar-refractivity contribution in [1.29, 1.82) is 0 Å². The Morgan fingerprint density at radius 2 is 1.86 bits per heavy atom. The van der Waals surface area contributed by atoms with Gasteiger partial charge < -0.3 is 20.6 Å². The van der Waals surface area contributed by atoms with E-state index in [1.807, 2.05) is 5.32 Å². The number of fused-ring (bicyclic) bond motifs is 1. The molecule has 12 nitrogen and oxygen atoms in total. The third kappa shape index (κ3) is 6.80. The molecule has 0 radical (unpaired) electrons.